The van der Waals surface area contributed by atoms with Gasteiger partial charge in [0, 0.05) is 33.3 Å². The Morgan fingerprint density at radius 3 is 2.96 bits per heavy atom. The first kappa shape index (κ1) is 21.5. The van der Waals surface area contributed by atoms with Crippen LogP contribution in [-0.2, 0) is 4.74 Å². The van der Waals surface area contributed by atoms with E-state index in [0.29, 0.717) is 11.4 Å². The molecule has 1 fully saturated rings. The van der Waals surface area contributed by atoms with Crippen molar-refractivity contribution < 1.29 is 20.2 Å². The molecule has 1 saturated heterocycles. The minimum atomic E-state index is -1.14. The summed E-state index contributed by atoms with van der Waals surface area (Å²) in [5, 5.41) is 36.9. The summed E-state index contributed by atoms with van der Waals surface area (Å²) in [4.78, 5) is 9.13. The fourth-order valence-corrected chi connectivity index (χ4v) is 4.71. The topological polar surface area (TPSA) is 137 Å². The van der Waals surface area contributed by atoms with Crippen LogP contribution in [-0.4, -0.2) is 61.0 Å². The van der Waals surface area contributed by atoms with Crippen molar-refractivity contribution in [1.29, 1.82) is 0 Å². The molecule has 6 N–H and O–H groups in total. The van der Waals surface area contributed by atoms with Crippen LogP contribution < -0.4 is 11.1 Å². The Morgan fingerprint density at radius 1 is 1.54 bits per heavy atom. The van der Waals surface area contributed by atoms with Crippen molar-refractivity contribution in [1.82, 2.24) is 20.3 Å². The van der Waals surface area contributed by atoms with E-state index in [2.05, 4.69) is 31.2 Å². The summed E-state index contributed by atoms with van der Waals surface area (Å²) in [5.41, 5.74) is 6.22. The third-order valence-electron chi connectivity index (χ3n) is 3.89. The number of thiazole rings is 1. The van der Waals surface area contributed by atoms with Crippen LogP contribution in [0.2, 0.25) is 0 Å². The van der Waals surface area contributed by atoms with Gasteiger partial charge in [-0.25, -0.2) is 4.98 Å². The molecule has 0 aromatic carbocycles. The molecule has 0 saturated carbocycles. The lowest BCUT2D eigenvalue weighted by Gasteiger charge is -2.43. The number of nitrogens with zero attached hydrogens (tertiary/aromatic N) is 3. The molecule has 28 heavy (non-hydrogen) atoms. The van der Waals surface area contributed by atoms with Crippen molar-refractivity contribution in [2.45, 2.75) is 35.8 Å². The summed E-state index contributed by atoms with van der Waals surface area (Å²) < 4.78 is 6.41. The van der Waals surface area contributed by atoms with Gasteiger partial charge in [0.15, 0.2) is 6.23 Å². The third-order valence-corrected chi connectivity index (χ3v) is 6.21. The summed E-state index contributed by atoms with van der Waals surface area (Å²) >= 11 is 6.04. The normalized spacial score (nSPS) is 26.4. The molecule has 152 valence electrons. The van der Waals surface area contributed by atoms with Crippen molar-refractivity contribution in [2.75, 3.05) is 6.61 Å². The molecule has 4 atom stereocenters. The second-order valence-corrected chi connectivity index (χ2v) is 9.08. The number of nitrogens with two attached hydrogens (primary N) is 1. The highest BCUT2D eigenvalue weighted by molar-refractivity contribution is 9.10. The minimum Gasteiger partial charge on any atom is -0.396 e. The van der Waals surface area contributed by atoms with E-state index in [4.69, 9.17) is 10.5 Å². The molecule has 0 bridgehead atoms. The number of rotatable bonds is 6. The molecule has 0 aliphatic carbocycles. The molecule has 1 aliphatic rings. The molecular weight excluding hydrogens is 470 g/mol. The second kappa shape index (κ2) is 9.50. The molecule has 9 nitrogen and oxygen atoms in total. The lowest BCUT2D eigenvalue weighted by molar-refractivity contribution is -0.311. The standard InChI is InChI=1S/C16H20BrN5O4S2/c1-8-21-12(7-27-8)11(18)5-20-15-14(24)16(26-13(6-23)22(15)25)28-10-2-9(17)3-19-4-10/h2-5,7,13-16,20,23-25H,6,18H2,1H3/b11-5-. The lowest BCUT2D eigenvalue weighted by Crippen LogP contribution is -2.63. The second-order valence-electron chi connectivity index (χ2n) is 5.93. The van der Waals surface area contributed by atoms with E-state index in [0.717, 1.165) is 19.4 Å². The number of hydrogen-bond acceptors (Lipinski definition) is 11. The van der Waals surface area contributed by atoms with Gasteiger partial charge in [-0.2, -0.15) is 0 Å². The number of hydroxylamine groups is 2. The quantitative estimate of drug-likeness (QED) is 0.403. The maximum atomic E-state index is 10.7. The zero-order valence-corrected chi connectivity index (χ0v) is 18.0. The molecular formula is C16H20BrN5O4S2. The van der Waals surface area contributed by atoms with Crippen LogP contribution in [0.1, 0.15) is 10.7 Å². The number of aliphatic hydroxyl groups is 2. The number of pyridine rings is 1. The van der Waals surface area contributed by atoms with E-state index < -0.39 is 30.5 Å². The van der Waals surface area contributed by atoms with Crippen molar-refractivity contribution >= 4 is 44.7 Å². The van der Waals surface area contributed by atoms with Crippen LogP contribution in [0.3, 0.4) is 0 Å². The Kier molecular flexibility index (Phi) is 7.28. The Morgan fingerprint density at radius 2 is 2.32 bits per heavy atom. The molecule has 2 aromatic heterocycles. The summed E-state index contributed by atoms with van der Waals surface area (Å²) in [5.74, 6) is 0. The summed E-state index contributed by atoms with van der Waals surface area (Å²) in [6.07, 6.45) is 1.63. The third kappa shape index (κ3) is 5.02. The molecule has 0 spiro atoms. The fourth-order valence-electron chi connectivity index (χ4n) is 2.52. The molecule has 3 rings (SSSR count). The van der Waals surface area contributed by atoms with Crippen molar-refractivity contribution in [3.05, 3.63) is 45.2 Å². The molecule has 0 radical (unpaired) electrons. The monoisotopic (exact) mass is 489 g/mol. The number of aliphatic hydroxyl groups excluding tert-OH is 2. The Hall–Kier alpha value is -1.25. The van der Waals surface area contributed by atoms with Crippen molar-refractivity contribution in [3.8, 4) is 0 Å². The number of ether oxygens (including phenoxy) is 1. The highest BCUT2D eigenvalue weighted by Gasteiger charge is 2.43. The first-order valence-electron chi connectivity index (χ1n) is 8.22. The molecule has 1 aliphatic heterocycles. The number of hydrogen-bond donors (Lipinski definition) is 5. The summed E-state index contributed by atoms with van der Waals surface area (Å²) in [7, 11) is 0. The lowest BCUT2D eigenvalue weighted by atomic mass is 10.2. The largest absolute Gasteiger partial charge is 0.396 e. The number of halogens is 1. The maximum absolute atomic E-state index is 10.7. The highest BCUT2D eigenvalue weighted by atomic mass is 79.9. The van der Waals surface area contributed by atoms with Crippen LogP contribution >= 0.6 is 39.0 Å². The van der Waals surface area contributed by atoms with E-state index in [-0.39, 0.29) is 0 Å². The van der Waals surface area contributed by atoms with E-state index in [1.54, 1.807) is 12.4 Å². The van der Waals surface area contributed by atoms with Crippen LogP contribution in [0.25, 0.3) is 5.70 Å². The Bertz CT molecular complexity index is 839. The van der Waals surface area contributed by atoms with E-state index >= 15 is 0 Å². The van der Waals surface area contributed by atoms with Crippen molar-refractivity contribution in [3.63, 3.8) is 0 Å². The van der Waals surface area contributed by atoms with Crippen LogP contribution in [0.15, 0.2) is 39.4 Å². The first-order valence-corrected chi connectivity index (χ1v) is 10.8. The Balaban J connectivity index is 1.76. The van der Waals surface area contributed by atoms with E-state index in [1.165, 1.54) is 29.3 Å². The zero-order chi connectivity index (χ0) is 20.3. The smallest absolute Gasteiger partial charge is 0.159 e. The molecule has 0 amide bonds. The number of nitrogens with one attached hydrogen (secondary N) is 1. The SMILES string of the molecule is Cc1nc(/C(N)=C/NC2C(O)C(Sc3cncc(Br)c3)OC(CO)N2O)cs1. The van der Waals surface area contributed by atoms with Crippen LogP contribution in [0.5, 0.6) is 0 Å². The molecule has 12 heteroatoms. The van der Waals surface area contributed by atoms with E-state index in [9.17, 15) is 15.4 Å². The van der Waals surface area contributed by atoms with Gasteiger partial charge >= 0.3 is 0 Å². The fraction of sp³-hybridized carbons (Fsp3) is 0.375. The van der Waals surface area contributed by atoms with Gasteiger partial charge in [0.2, 0.25) is 0 Å². The minimum absolute atomic E-state index is 0.359. The number of thioether (sulfide) groups is 1. The number of aromatic nitrogens is 2. The Labute approximate surface area is 178 Å². The van der Waals surface area contributed by atoms with E-state index in [1.807, 2.05) is 18.4 Å². The zero-order valence-electron chi connectivity index (χ0n) is 14.8. The number of aryl methyl sites for hydroxylation is 1. The summed E-state index contributed by atoms with van der Waals surface area (Å²) in [6.45, 7) is 1.41. The maximum Gasteiger partial charge on any atom is 0.159 e. The van der Waals surface area contributed by atoms with Gasteiger partial charge in [0.25, 0.3) is 0 Å². The van der Waals surface area contributed by atoms with Crippen molar-refractivity contribution in [2.24, 2.45) is 5.73 Å². The van der Waals surface area contributed by atoms with Crippen LogP contribution in [0.4, 0.5) is 0 Å². The average molecular weight is 490 g/mol. The molecule has 4 unspecified atom stereocenters. The van der Waals surface area contributed by atoms with Gasteiger partial charge in [-0.15, -0.1) is 16.4 Å². The van der Waals surface area contributed by atoms with Crippen LogP contribution in [0, 0.1) is 6.92 Å². The first-order chi connectivity index (χ1) is 13.4. The molecule has 2 aromatic rings. The average Bonchev–Trinajstić information content (AvgIpc) is 3.10. The van der Waals surface area contributed by atoms with Gasteiger partial charge in [0.05, 0.1) is 23.0 Å². The van der Waals surface area contributed by atoms with Gasteiger partial charge in [-0.05, 0) is 28.9 Å². The van der Waals surface area contributed by atoms with Gasteiger partial charge < -0.3 is 31.2 Å². The summed E-state index contributed by atoms with van der Waals surface area (Å²) in [6, 6.07) is 1.83. The highest BCUT2D eigenvalue weighted by Crippen LogP contribution is 2.33. The predicted molar refractivity (Wildman–Crippen MR) is 109 cm³/mol. The van der Waals surface area contributed by atoms with Gasteiger partial charge in [-0.3, -0.25) is 4.98 Å². The van der Waals surface area contributed by atoms with Gasteiger partial charge in [0.1, 0.15) is 17.7 Å². The molecule has 3 heterocycles. The van der Waals surface area contributed by atoms with Gasteiger partial charge in [-0.1, -0.05) is 11.8 Å². The predicted octanol–water partition coefficient (Wildman–Crippen LogP) is 1.30.